The van der Waals surface area contributed by atoms with Gasteiger partial charge in [-0.1, -0.05) is 0 Å². The number of rotatable bonds is 1. The molecule has 0 aromatic rings. The van der Waals surface area contributed by atoms with Crippen LogP contribution in [-0.4, -0.2) is 43.2 Å². The van der Waals surface area contributed by atoms with Crippen LogP contribution in [0.15, 0.2) is 23.7 Å². The van der Waals surface area contributed by atoms with Gasteiger partial charge in [0.25, 0.3) is 0 Å². The summed E-state index contributed by atoms with van der Waals surface area (Å²) in [6, 6.07) is 0. The van der Waals surface area contributed by atoms with E-state index in [0.717, 1.165) is 6.08 Å². The van der Waals surface area contributed by atoms with Gasteiger partial charge in [-0.25, -0.2) is 4.79 Å². The molecular weight excluding hydrogens is 180 g/mol. The molecular formula is C7H8O6. The summed E-state index contributed by atoms with van der Waals surface area (Å²) in [6.45, 7) is 0. The van der Waals surface area contributed by atoms with Crippen LogP contribution in [0.2, 0.25) is 0 Å². The highest BCUT2D eigenvalue weighted by molar-refractivity contribution is 5.82. The van der Waals surface area contributed by atoms with Crippen molar-refractivity contribution in [2.24, 2.45) is 0 Å². The fourth-order valence-corrected chi connectivity index (χ4v) is 0.919. The highest BCUT2D eigenvalue weighted by Crippen LogP contribution is 2.25. The van der Waals surface area contributed by atoms with Crippen LogP contribution < -0.4 is 0 Å². The lowest BCUT2D eigenvalue weighted by Crippen LogP contribution is -2.50. The van der Waals surface area contributed by atoms with Gasteiger partial charge >= 0.3 is 5.97 Å². The van der Waals surface area contributed by atoms with Crippen LogP contribution >= 0.6 is 0 Å². The highest BCUT2D eigenvalue weighted by atomic mass is 16.4. The molecule has 13 heavy (non-hydrogen) atoms. The van der Waals surface area contributed by atoms with Crippen LogP contribution in [-0.2, 0) is 4.79 Å². The van der Waals surface area contributed by atoms with Gasteiger partial charge in [0, 0.05) is 0 Å². The van der Waals surface area contributed by atoms with Crippen LogP contribution in [0.4, 0.5) is 0 Å². The summed E-state index contributed by atoms with van der Waals surface area (Å²) >= 11 is 0. The highest BCUT2D eigenvalue weighted by Gasteiger charge is 2.46. The minimum atomic E-state index is -2.59. The Kier molecular flexibility index (Phi) is 2.02. The first-order valence-corrected chi connectivity index (χ1v) is 3.34. The first kappa shape index (κ1) is 9.56. The van der Waals surface area contributed by atoms with E-state index < -0.39 is 29.2 Å². The Labute approximate surface area is 72.7 Å². The lowest BCUT2D eigenvalue weighted by molar-refractivity contribution is -0.163. The normalized spacial score (nSPS) is 33.5. The Morgan fingerprint density at radius 3 is 2.46 bits per heavy atom. The van der Waals surface area contributed by atoms with Crippen molar-refractivity contribution in [1.29, 1.82) is 0 Å². The third kappa shape index (κ3) is 1.25. The Hall–Kier alpha value is -1.53. The van der Waals surface area contributed by atoms with Crippen LogP contribution in [0, 0.1) is 0 Å². The molecule has 2 atom stereocenters. The van der Waals surface area contributed by atoms with E-state index in [1.165, 1.54) is 0 Å². The fraction of sp³-hybridized carbons (Fsp3) is 0.286. The maximum atomic E-state index is 10.5. The Morgan fingerprint density at radius 1 is 1.46 bits per heavy atom. The van der Waals surface area contributed by atoms with Crippen LogP contribution in [0.1, 0.15) is 0 Å². The molecule has 0 aliphatic heterocycles. The van der Waals surface area contributed by atoms with Gasteiger partial charge in [0.1, 0.15) is 0 Å². The van der Waals surface area contributed by atoms with Crippen molar-refractivity contribution < 1.29 is 30.3 Å². The van der Waals surface area contributed by atoms with Gasteiger partial charge in [-0.05, 0) is 12.2 Å². The second-order valence-electron chi connectivity index (χ2n) is 2.64. The summed E-state index contributed by atoms with van der Waals surface area (Å²) in [6.07, 6.45) is -0.569. The molecule has 5 N–H and O–H groups in total. The second-order valence-corrected chi connectivity index (χ2v) is 2.64. The van der Waals surface area contributed by atoms with Gasteiger partial charge in [-0.2, -0.15) is 0 Å². The van der Waals surface area contributed by atoms with Crippen molar-refractivity contribution in [2.45, 2.75) is 11.7 Å². The van der Waals surface area contributed by atoms with E-state index in [4.69, 9.17) is 20.4 Å². The number of carboxylic acid groups (broad SMARTS) is 1. The molecule has 6 nitrogen and oxygen atoms in total. The van der Waals surface area contributed by atoms with Gasteiger partial charge in [-0.15, -0.1) is 0 Å². The first-order chi connectivity index (χ1) is 5.89. The zero-order valence-electron chi connectivity index (χ0n) is 6.38. The minimum absolute atomic E-state index is 0.668. The monoisotopic (exact) mass is 188 g/mol. The second kappa shape index (κ2) is 2.75. The van der Waals surface area contributed by atoms with Crippen molar-refractivity contribution in [2.75, 3.05) is 0 Å². The first-order valence-electron chi connectivity index (χ1n) is 3.34. The third-order valence-corrected chi connectivity index (χ3v) is 1.78. The predicted molar refractivity (Wildman–Crippen MR) is 40.0 cm³/mol. The zero-order chi connectivity index (χ0) is 10.2. The lowest BCUT2D eigenvalue weighted by Gasteiger charge is -2.27. The summed E-state index contributed by atoms with van der Waals surface area (Å²) in [5.74, 6) is -3.35. The molecule has 1 aliphatic rings. The zero-order valence-corrected chi connectivity index (χ0v) is 6.38. The number of hydrogen-bond acceptors (Lipinski definition) is 5. The average Bonchev–Trinajstić information content (AvgIpc) is 2.08. The van der Waals surface area contributed by atoms with E-state index in [2.05, 4.69) is 0 Å². The standard InChI is InChI=1S/C7H8O6/c8-3-1-2-7(13,6(11)12)5(10)4(3)9/h1-2,5,8-10,13H,(H,11,12). The summed E-state index contributed by atoms with van der Waals surface area (Å²) < 4.78 is 0. The van der Waals surface area contributed by atoms with Crippen molar-refractivity contribution in [1.82, 2.24) is 0 Å². The summed E-state index contributed by atoms with van der Waals surface area (Å²) in [5, 5.41) is 44.6. The van der Waals surface area contributed by atoms with E-state index >= 15 is 0 Å². The van der Waals surface area contributed by atoms with Crippen molar-refractivity contribution >= 4 is 5.97 Å². The SMILES string of the molecule is O=C(O)C1(O)C=CC(O)=C(O)C1O. The molecule has 72 valence electrons. The molecule has 1 rings (SSSR count). The van der Waals surface area contributed by atoms with Gasteiger partial charge in [-0.3, -0.25) is 0 Å². The number of aliphatic carboxylic acids is 1. The molecule has 1 aliphatic carbocycles. The molecule has 0 saturated heterocycles. The Balaban J connectivity index is 3.12. The number of aliphatic hydroxyl groups is 4. The van der Waals surface area contributed by atoms with E-state index in [9.17, 15) is 9.90 Å². The van der Waals surface area contributed by atoms with E-state index in [-0.39, 0.29) is 0 Å². The molecule has 0 radical (unpaired) electrons. The average molecular weight is 188 g/mol. The van der Waals surface area contributed by atoms with Gasteiger partial charge in [0.15, 0.2) is 17.6 Å². The third-order valence-electron chi connectivity index (χ3n) is 1.78. The van der Waals surface area contributed by atoms with Crippen LogP contribution in [0.3, 0.4) is 0 Å². The Bertz CT molecular complexity index is 304. The molecule has 0 fully saturated rings. The molecule has 0 saturated carbocycles. The van der Waals surface area contributed by atoms with Crippen molar-refractivity contribution in [3.63, 3.8) is 0 Å². The molecule has 2 unspecified atom stereocenters. The fourth-order valence-electron chi connectivity index (χ4n) is 0.919. The number of carbonyl (C=O) groups is 1. The molecule has 6 heteroatoms. The van der Waals surface area contributed by atoms with Crippen LogP contribution in [0.25, 0.3) is 0 Å². The van der Waals surface area contributed by atoms with Crippen molar-refractivity contribution in [3.8, 4) is 0 Å². The summed E-state index contributed by atoms with van der Waals surface area (Å²) in [5.41, 5.74) is -2.59. The maximum absolute atomic E-state index is 10.5. The van der Waals surface area contributed by atoms with Crippen molar-refractivity contribution in [3.05, 3.63) is 23.7 Å². The number of allylic oxidation sites excluding steroid dienone is 1. The Morgan fingerprint density at radius 2 is 2.00 bits per heavy atom. The minimum Gasteiger partial charge on any atom is -0.506 e. The largest absolute Gasteiger partial charge is 0.506 e. The van der Waals surface area contributed by atoms with Gasteiger partial charge in [0.2, 0.25) is 5.60 Å². The number of aliphatic hydroxyl groups excluding tert-OH is 3. The smallest absolute Gasteiger partial charge is 0.343 e. The van der Waals surface area contributed by atoms with Crippen LogP contribution in [0.5, 0.6) is 0 Å². The molecule has 0 amide bonds. The molecule has 0 bridgehead atoms. The maximum Gasteiger partial charge on any atom is 0.343 e. The summed E-state index contributed by atoms with van der Waals surface area (Å²) in [4.78, 5) is 10.5. The van der Waals surface area contributed by atoms with Gasteiger partial charge < -0.3 is 25.5 Å². The topological polar surface area (TPSA) is 118 Å². The molecule has 0 aromatic heterocycles. The van der Waals surface area contributed by atoms with E-state index in [1.54, 1.807) is 0 Å². The lowest BCUT2D eigenvalue weighted by atomic mass is 9.90. The predicted octanol–water partition coefficient (Wildman–Crippen LogP) is -0.940. The van der Waals surface area contributed by atoms with E-state index in [0.29, 0.717) is 6.08 Å². The molecule has 0 aromatic carbocycles. The summed E-state index contributed by atoms with van der Waals surface area (Å²) in [7, 11) is 0. The number of hydrogen-bond donors (Lipinski definition) is 5. The quantitative estimate of drug-likeness (QED) is 0.362. The van der Waals surface area contributed by atoms with Gasteiger partial charge in [0.05, 0.1) is 0 Å². The molecule has 0 spiro atoms. The molecule has 0 heterocycles. The van der Waals surface area contributed by atoms with E-state index in [1.807, 2.05) is 0 Å². The number of carboxylic acids is 1.